The number of nitrogens with one attached hydrogen (secondary N) is 3. The fraction of sp³-hybridized carbons (Fsp3) is 0.294. The third-order valence-electron chi connectivity index (χ3n) is 3.59. The van der Waals surface area contributed by atoms with Crippen molar-refractivity contribution in [1.82, 2.24) is 16.1 Å². The Bertz CT molecular complexity index is 746. The van der Waals surface area contributed by atoms with Gasteiger partial charge in [-0.15, -0.1) is 0 Å². The third-order valence-corrected chi connectivity index (χ3v) is 3.59. The molecule has 0 bridgehead atoms. The van der Waals surface area contributed by atoms with E-state index in [1.807, 2.05) is 0 Å². The topological polar surface area (TPSA) is 111 Å². The van der Waals surface area contributed by atoms with Crippen molar-refractivity contribution in [3.05, 3.63) is 35.4 Å². The number of benzene rings is 1. The zero-order valence-corrected chi connectivity index (χ0v) is 13.0. The Labute approximate surface area is 139 Å². The number of hydroxylamine groups is 1. The molecule has 24 heavy (non-hydrogen) atoms. The number of carbonyl (C=O) groups excluding carboxylic acids is 2. The van der Waals surface area contributed by atoms with Crippen LogP contribution in [-0.2, 0) is 4.79 Å². The number of β-amino-alcohol motifs (C(OH)–C–C–N with tert-alkyl or cyclic N) is 1. The number of amides is 2. The molecule has 1 heterocycles. The molecule has 1 fully saturated rings. The maximum atomic E-state index is 12.3. The van der Waals surface area contributed by atoms with Gasteiger partial charge in [0.15, 0.2) is 0 Å². The van der Waals surface area contributed by atoms with Crippen molar-refractivity contribution in [2.45, 2.75) is 18.6 Å². The fourth-order valence-electron chi connectivity index (χ4n) is 2.18. The van der Waals surface area contributed by atoms with Gasteiger partial charge in [-0.1, -0.05) is 11.8 Å². The van der Waals surface area contributed by atoms with Crippen LogP contribution in [0.25, 0.3) is 0 Å². The lowest BCUT2D eigenvalue weighted by atomic mass is 9.87. The van der Waals surface area contributed by atoms with Crippen molar-refractivity contribution in [1.29, 1.82) is 0 Å². The summed E-state index contributed by atoms with van der Waals surface area (Å²) in [6.45, 7) is 1.96. The first-order valence-electron chi connectivity index (χ1n) is 7.21. The van der Waals surface area contributed by atoms with Gasteiger partial charge in [-0.3, -0.25) is 14.8 Å². The average Bonchev–Trinajstić information content (AvgIpc) is 2.57. The Morgan fingerprint density at radius 1 is 1.25 bits per heavy atom. The first kappa shape index (κ1) is 17.5. The van der Waals surface area contributed by atoms with Crippen LogP contribution in [-0.4, -0.2) is 46.9 Å². The lowest BCUT2D eigenvalue weighted by Gasteiger charge is -2.42. The summed E-state index contributed by atoms with van der Waals surface area (Å²) in [7, 11) is 0. The average molecular weight is 327 g/mol. The summed E-state index contributed by atoms with van der Waals surface area (Å²) < 4.78 is 0. The molecule has 0 aliphatic carbocycles. The Morgan fingerprint density at radius 3 is 2.42 bits per heavy atom. The van der Waals surface area contributed by atoms with Crippen LogP contribution < -0.4 is 16.1 Å². The highest BCUT2D eigenvalue weighted by Crippen LogP contribution is 2.17. The largest absolute Gasteiger partial charge is 0.384 e. The standard InChI is InChI=1S/C17H17N3O4/c1-2-3-4-5-12-6-8-13(9-7-12)15(21)19-14(16(22)20-24)17(23)10-18-11-17/h6-9,14,18,23-24H,10-11H2,1H3,(H,19,21)(H,20,22). The summed E-state index contributed by atoms with van der Waals surface area (Å²) in [6, 6.07) is 5.14. The van der Waals surface area contributed by atoms with E-state index < -0.39 is 23.5 Å². The van der Waals surface area contributed by atoms with Crippen LogP contribution >= 0.6 is 0 Å². The number of rotatable bonds is 4. The molecule has 1 aliphatic heterocycles. The zero-order chi connectivity index (χ0) is 17.6. The molecule has 2 rings (SSSR count). The van der Waals surface area contributed by atoms with Gasteiger partial charge in [0.2, 0.25) is 0 Å². The van der Waals surface area contributed by atoms with Crippen LogP contribution in [0.2, 0.25) is 0 Å². The first-order valence-corrected chi connectivity index (χ1v) is 7.21. The van der Waals surface area contributed by atoms with Gasteiger partial charge in [0, 0.05) is 24.2 Å². The molecule has 1 saturated heterocycles. The number of hydrogen-bond donors (Lipinski definition) is 5. The molecular weight excluding hydrogens is 310 g/mol. The van der Waals surface area contributed by atoms with E-state index in [0.717, 1.165) is 0 Å². The molecule has 5 N–H and O–H groups in total. The molecule has 7 heteroatoms. The van der Waals surface area contributed by atoms with Crippen LogP contribution in [0.1, 0.15) is 22.8 Å². The van der Waals surface area contributed by atoms with E-state index >= 15 is 0 Å². The molecule has 0 aromatic heterocycles. The number of carbonyl (C=O) groups is 2. The normalized spacial score (nSPS) is 15.5. The van der Waals surface area contributed by atoms with Crippen molar-refractivity contribution in [2.75, 3.05) is 13.1 Å². The highest BCUT2D eigenvalue weighted by molar-refractivity contribution is 5.98. The van der Waals surface area contributed by atoms with E-state index in [-0.39, 0.29) is 13.1 Å². The summed E-state index contributed by atoms with van der Waals surface area (Å²) in [4.78, 5) is 24.0. The molecule has 1 aromatic rings. The van der Waals surface area contributed by atoms with Crippen molar-refractivity contribution < 1.29 is 19.9 Å². The first-order chi connectivity index (χ1) is 11.5. The van der Waals surface area contributed by atoms with Gasteiger partial charge < -0.3 is 15.7 Å². The summed E-state index contributed by atoms with van der Waals surface area (Å²) in [5.41, 5.74) is 1.02. The Hall–Kier alpha value is -2.84. The van der Waals surface area contributed by atoms with Crippen molar-refractivity contribution >= 4 is 11.8 Å². The number of hydrogen-bond acceptors (Lipinski definition) is 5. The second-order valence-electron chi connectivity index (χ2n) is 5.29. The molecule has 1 atom stereocenters. The van der Waals surface area contributed by atoms with Gasteiger partial charge in [-0.05, 0) is 43.0 Å². The van der Waals surface area contributed by atoms with Crippen LogP contribution in [0.3, 0.4) is 0 Å². The van der Waals surface area contributed by atoms with Crippen LogP contribution in [0.15, 0.2) is 24.3 Å². The maximum Gasteiger partial charge on any atom is 0.269 e. The van der Waals surface area contributed by atoms with Gasteiger partial charge in [-0.25, -0.2) is 5.48 Å². The van der Waals surface area contributed by atoms with Gasteiger partial charge in [0.25, 0.3) is 11.8 Å². The minimum Gasteiger partial charge on any atom is -0.384 e. The van der Waals surface area contributed by atoms with Gasteiger partial charge in [0.1, 0.15) is 11.6 Å². The SMILES string of the molecule is CC#CC#Cc1ccc(C(=O)NC(C(=O)NO)C2(O)CNC2)cc1. The van der Waals surface area contributed by atoms with Crippen molar-refractivity contribution in [2.24, 2.45) is 0 Å². The van der Waals surface area contributed by atoms with E-state index in [2.05, 4.69) is 34.3 Å². The zero-order valence-electron chi connectivity index (χ0n) is 13.0. The third kappa shape index (κ3) is 3.92. The van der Waals surface area contributed by atoms with Crippen molar-refractivity contribution in [3.63, 3.8) is 0 Å². The Morgan fingerprint density at radius 2 is 1.92 bits per heavy atom. The van der Waals surface area contributed by atoms with Gasteiger partial charge in [0.05, 0.1) is 0 Å². The molecular formula is C17H17N3O4. The van der Waals surface area contributed by atoms with E-state index in [4.69, 9.17) is 5.21 Å². The van der Waals surface area contributed by atoms with E-state index in [1.165, 1.54) is 5.48 Å². The minimum atomic E-state index is -1.44. The second-order valence-corrected chi connectivity index (χ2v) is 5.29. The molecule has 2 amide bonds. The molecule has 124 valence electrons. The smallest absolute Gasteiger partial charge is 0.269 e. The minimum absolute atomic E-state index is 0.137. The van der Waals surface area contributed by atoms with E-state index in [0.29, 0.717) is 11.1 Å². The van der Waals surface area contributed by atoms with Crippen LogP contribution in [0.5, 0.6) is 0 Å². The van der Waals surface area contributed by atoms with Crippen LogP contribution in [0.4, 0.5) is 0 Å². The molecule has 0 radical (unpaired) electrons. The summed E-state index contributed by atoms with van der Waals surface area (Å²) in [6.07, 6.45) is 0. The van der Waals surface area contributed by atoms with Gasteiger partial charge in [-0.2, -0.15) is 0 Å². The molecule has 1 unspecified atom stereocenters. The monoisotopic (exact) mass is 327 g/mol. The highest BCUT2D eigenvalue weighted by Gasteiger charge is 2.47. The van der Waals surface area contributed by atoms with Crippen molar-refractivity contribution in [3.8, 4) is 23.7 Å². The molecule has 7 nitrogen and oxygen atoms in total. The van der Waals surface area contributed by atoms with E-state index in [9.17, 15) is 14.7 Å². The number of aliphatic hydroxyl groups is 1. The predicted octanol–water partition coefficient (Wildman–Crippen LogP) is -1.00. The Balaban J connectivity index is 2.11. The molecule has 1 aliphatic rings. The lowest BCUT2D eigenvalue weighted by Crippen LogP contribution is -2.73. The van der Waals surface area contributed by atoms with Crippen LogP contribution in [0, 0.1) is 23.7 Å². The lowest BCUT2D eigenvalue weighted by molar-refractivity contribution is -0.141. The second kappa shape index (κ2) is 7.62. The van der Waals surface area contributed by atoms with E-state index in [1.54, 1.807) is 31.2 Å². The highest BCUT2D eigenvalue weighted by atomic mass is 16.5. The maximum absolute atomic E-state index is 12.3. The fourth-order valence-corrected chi connectivity index (χ4v) is 2.18. The quantitative estimate of drug-likeness (QED) is 0.277. The van der Waals surface area contributed by atoms with Gasteiger partial charge >= 0.3 is 0 Å². The summed E-state index contributed by atoms with van der Waals surface area (Å²) in [5.74, 6) is 9.32. The molecule has 0 spiro atoms. The predicted molar refractivity (Wildman–Crippen MR) is 85.8 cm³/mol. The molecule has 0 saturated carbocycles. The summed E-state index contributed by atoms with van der Waals surface area (Å²) >= 11 is 0. The molecule has 1 aromatic carbocycles. The Kier molecular flexibility index (Phi) is 5.56. The summed E-state index contributed by atoms with van der Waals surface area (Å²) in [5, 5.41) is 24.3.